The van der Waals surface area contributed by atoms with E-state index >= 15 is 0 Å². The molecule has 0 saturated heterocycles. The molecule has 0 aliphatic heterocycles. The maximum atomic E-state index is 2.38. The minimum absolute atomic E-state index is 0. The summed E-state index contributed by atoms with van der Waals surface area (Å²) in [6.07, 6.45) is 0. The molecule has 0 radical (unpaired) electrons. The molecule has 6 aromatic carbocycles. The van der Waals surface area contributed by atoms with Crippen LogP contribution in [-0.2, 0) is 25.8 Å². The van der Waals surface area contributed by atoms with Crippen molar-refractivity contribution in [1.29, 1.82) is 0 Å². The van der Waals surface area contributed by atoms with Gasteiger partial charge < -0.3 is 24.0 Å². The van der Waals surface area contributed by atoms with Crippen LogP contribution in [0, 0.1) is 42.5 Å². The zero-order valence-electron chi connectivity index (χ0n) is 25.9. The molecule has 0 aliphatic rings. The van der Waals surface area contributed by atoms with E-state index in [9.17, 15) is 0 Å². The number of para-hydroxylation sites is 4. The Morgan fingerprint density at radius 2 is 0.767 bits per heavy atom. The van der Waals surface area contributed by atoms with Crippen molar-refractivity contribution in [2.75, 3.05) is 0 Å². The maximum absolute atomic E-state index is 2.38. The Balaban J connectivity index is 0.000000184. The number of benzene rings is 4. The maximum Gasteiger partial charge on any atom is 4.00 e. The molecule has 0 fully saturated rings. The largest absolute Gasteiger partial charge is 4.00 e. The summed E-state index contributed by atoms with van der Waals surface area (Å²) in [5, 5.41) is 5.39. The first-order chi connectivity index (χ1) is 19.5. The van der Waals surface area contributed by atoms with Crippen LogP contribution in [-0.4, -0.2) is 9.13 Å². The number of aryl methyl sites for hydroxylation is 4. The molecule has 0 bridgehead atoms. The van der Waals surface area contributed by atoms with E-state index in [1.807, 2.05) is 0 Å². The molecule has 8 rings (SSSR count). The van der Waals surface area contributed by atoms with Crippen LogP contribution in [0.2, 0.25) is 0 Å². The summed E-state index contributed by atoms with van der Waals surface area (Å²) < 4.78 is 4.76. The Labute approximate surface area is 274 Å². The second-order valence-corrected chi connectivity index (χ2v) is 10.8. The number of rotatable bonds is 2. The molecular formula is C40H38HfN2. The smallest absolute Gasteiger partial charge is 0.367 e. The molecule has 2 nitrogen and oxygen atoms in total. The summed E-state index contributed by atoms with van der Waals surface area (Å²) in [5.74, 6) is 0. The van der Waals surface area contributed by atoms with E-state index in [0.717, 1.165) is 0 Å². The van der Waals surface area contributed by atoms with Crippen LogP contribution in [0.15, 0.2) is 121 Å². The molecule has 43 heavy (non-hydrogen) atoms. The summed E-state index contributed by atoms with van der Waals surface area (Å²) >= 11 is 0. The van der Waals surface area contributed by atoms with Crippen molar-refractivity contribution in [3.63, 3.8) is 0 Å². The molecule has 212 valence electrons. The Morgan fingerprint density at radius 1 is 0.442 bits per heavy atom. The van der Waals surface area contributed by atoms with Gasteiger partial charge in [0.1, 0.15) is 0 Å². The molecule has 3 heteroatoms. The van der Waals surface area contributed by atoms with Gasteiger partial charge in [0.2, 0.25) is 0 Å². The van der Waals surface area contributed by atoms with E-state index in [4.69, 9.17) is 0 Å². The van der Waals surface area contributed by atoms with Gasteiger partial charge in [-0.1, -0.05) is 122 Å². The number of nitrogens with zero attached hydrogens (tertiary/aromatic N) is 2. The van der Waals surface area contributed by atoms with Gasteiger partial charge in [-0.2, -0.15) is 0 Å². The summed E-state index contributed by atoms with van der Waals surface area (Å²) in [6.45, 7) is 8.82. The van der Waals surface area contributed by atoms with Crippen LogP contribution >= 0.6 is 0 Å². The van der Waals surface area contributed by atoms with Gasteiger partial charge in [0, 0.05) is 22.4 Å². The third kappa shape index (κ3) is 5.14. The quantitative estimate of drug-likeness (QED) is 0.124. The van der Waals surface area contributed by atoms with E-state index in [1.54, 1.807) is 0 Å². The van der Waals surface area contributed by atoms with Crippen molar-refractivity contribution < 1.29 is 25.8 Å². The normalized spacial score (nSPS) is 10.7. The molecule has 0 N–H and O–H groups in total. The second kappa shape index (κ2) is 12.7. The average molecular weight is 725 g/mol. The topological polar surface area (TPSA) is 9.86 Å². The van der Waals surface area contributed by atoms with Gasteiger partial charge in [0.15, 0.2) is 0 Å². The van der Waals surface area contributed by atoms with Crippen LogP contribution < -0.4 is 0 Å². The van der Waals surface area contributed by atoms with E-state index in [-0.39, 0.29) is 40.7 Å². The molecule has 0 aliphatic carbocycles. The van der Waals surface area contributed by atoms with Crippen molar-refractivity contribution in [2.45, 2.75) is 27.7 Å². The zero-order valence-corrected chi connectivity index (χ0v) is 29.5. The fraction of sp³-hybridized carbons (Fsp3) is 0.100. The summed E-state index contributed by atoms with van der Waals surface area (Å²) in [7, 11) is 0. The minimum Gasteiger partial charge on any atom is -0.367 e. The molecule has 8 aromatic rings. The van der Waals surface area contributed by atoms with Crippen molar-refractivity contribution in [3.8, 4) is 11.4 Å². The first-order valence-electron chi connectivity index (χ1n) is 14.0. The van der Waals surface area contributed by atoms with Gasteiger partial charge in [-0.3, -0.25) is 0 Å². The molecular weight excluding hydrogens is 687 g/mol. The van der Waals surface area contributed by atoms with Crippen LogP contribution in [0.25, 0.3) is 55.0 Å². The Hall–Kier alpha value is -3.95. The van der Waals surface area contributed by atoms with Crippen LogP contribution in [0.4, 0.5) is 0 Å². The van der Waals surface area contributed by atoms with Crippen LogP contribution in [0.5, 0.6) is 0 Å². The molecule has 0 saturated carbocycles. The van der Waals surface area contributed by atoms with Crippen molar-refractivity contribution in [3.05, 3.63) is 158 Å². The van der Waals surface area contributed by atoms with Gasteiger partial charge in [0.05, 0.1) is 0 Å². The first-order valence-corrected chi connectivity index (χ1v) is 14.0. The summed E-state index contributed by atoms with van der Waals surface area (Å²) in [5.41, 5.74) is 13.2. The second-order valence-electron chi connectivity index (χ2n) is 10.8. The molecule has 0 spiro atoms. The van der Waals surface area contributed by atoms with E-state index in [2.05, 4.69) is 158 Å². The van der Waals surface area contributed by atoms with Crippen molar-refractivity contribution in [1.82, 2.24) is 9.13 Å². The van der Waals surface area contributed by atoms with E-state index < -0.39 is 0 Å². The standard InChI is InChI=1S/2C19H16N.2CH3.Hf/c2*1-13-12-17-16-10-6-7-11-18(16)20(19(17)14(13)2)15-8-4-3-5-9-15;;;/h2*3-12H,1-2H3;2*1H3;/q4*-1;+4. The molecule has 0 atom stereocenters. The fourth-order valence-corrected chi connectivity index (χ4v) is 6.27. The summed E-state index contributed by atoms with van der Waals surface area (Å²) in [4.78, 5) is 0. The monoisotopic (exact) mass is 726 g/mol. The van der Waals surface area contributed by atoms with Gasteiger partial charge in [-0.25, -0.2) is 0 Å². The third-order valence-electron chi connectivity index (χ3n) is 8.47. The molecule has 2 heterocycles. The van der Waals surface area contributed by atoms with Gasteiger partial charge in [0.25, 0.3) is 0 Å². The predicted octanol–water partition coefficient (Wildman–Crippen LogP) is 11.1. The van der Waals surface area contributed by atoms with Gasteiger partial charge in [-0.15, -0.1) is 45.2 Å². The molecule has 2 aromatic heterocycles. The van der Waals surface area contributed by atoms with Gasteiger partial charge >= 0.3 is 25.8 Å². The van der Waals surface area contributed by atoms with Crippen molar-refractivity contribution in [2.24, 2.45) is 0 Å². The number of aromatic nitrogens is 2. The first kappa shape index (κ1) is 32.0. The van der Waals surface area contributed by atoms with Gasteiger partial charge in [-0.05, 0) is 36.4 Å². The Bertz CT molecular complexity index is 1980. The Kier molecular flexibility index (Phi) is 9.47. The van der Waals surface area contributed by atoms with Crippen LogP contribution in [0.3, 0.4) is 0 Å². The predicted molar refractivity (Wildman–Crippen MR) is 185 cm³/mol. The number of hydrogen-bond donors (Lipinski definition) is 0. The van der Waals surface area contributed by atoms with E-state index in [0.29, 0.717) is 0 Å². The van der Waals surface area contributed by atoms with Crippen LogP contribution in [0.1, 0.15) is 22.3 Å². The zero-order chi connectivity index (χ0) is 27.4. The van der Waals surface area contributed by atoms with E-state index in [1.165, 1.54) is 77.2 Å². The third-order valence-corrected chi connectivity index (χ3v) is 8.47. The molecule has 0 unspecified atom stereocenters. The number of hydrogen-bond acceptors (Lipinski definition) is 0. The number of fused-ring (bicyclic) bond motifs is 6. The minimum atomic E-state index is 0. The fourth-order valence-electron chi connectivity index (χ4n) is 6.27. The van der Waals surface area contributed by atoms with Crippen molar-refractivity contribution >= 4 is 43.6 Å². The molecule has 0 amide bonds. The Morgan fingerprint density at radius 3 is 1.14 bits per heavy atom. The summed E-state index contributed by atoms with van der Waals surface area (Å²) in [6, 6.07) is 43.2. The average Bonchev–Trinajstić information content (AvgIpc) is 3.68. The SMILES string of the molecule is Cc1[cH-]c2c3ccccc3n(-c3ccccc3)c2c1C.Cc1[cH-]c2c3ccccc3n(-c3ccccc3)c2c1C.[CH3-].[CH3-].[Hf+4].